The Morgan fingerprint density at radius 3 is 2.52 bits per heavy atom. The highest BCUT2D eigenvalue weighted by atomic mass is 19.3. The van der Waals surface area contributed by atoms with Gasteiger partial charge < -0.3 is 5.73 Å². The lowest BCUT2D eigenvalue weighted by molar-refractivity contribution is 0.0973. The maximum atomic E-state index is 14.2. The van der Waals surface area contributed by atoms with Gasteiger partial charge in [0.2, 0.25) is 0 Å². The second-order valence-electron chi connectivity index (χ2n) is 7.88. The highest BCUT2D eigenvalue weighted by Gasteiger charge is 2.22. The van der Waals surface area contributed by atoms with E-state index in [0.717, 1.165) is 0 Å². The minimum Gasteiger partial charge on any atom is -0.327 e. The fourth-order valence-electron chi connectivity index (χ4n) is 3.79. The van der Waals surface area contributed by atoms with Crippen LogP contribution in [-0.2, 0) is 0 Å². The Morgan fingerprint density at radius 1 is 1.16 bits per heavy atom. The SMILES string of the molecule is CC[C@@H](C1=C/C(C(F)F)=C\C(C)=N\C=C\1)[C@@H](N)CCCC(=O)c1cc(C)nc(C)c1F. The first-order valence-electron chi connectivity index (χ1n) is 10.5. The Morgan fingerprint density at radius 2 is 1.87 bits per heavy atom. The lowest BCUT2D eigenvalue weighted by Crippen LogP contribution is -2.31. The topological polar surface area (TPSA) is 68.3 Å². The Bertz CT molecular complexity index is 932. The molecule has 0 unspecified atom stereocenters. The van der Waals surface area contributed by atoms with Gasteiger partial charge in [0.05, 0.1) is 11.3 Å². The van der Waals surface area contributed by atoms with Crippen molar-refractivity contribution < 1.29 is 18.0 Å². The number of carbonyl (C=O) groups excluding carboxylic acids is 1. The van der Waals surface area contributed by atoms with Crippen molar-refractivity contribution in [3.63, 3.8) is 0 Å². The first-order valence-corrected chi connectivity index (χ1v) is 10.5. The van der Waals surface area contributed by atoms with Crippen molar-refractivity contribution in [2.45, 2.75) is 65.8 Å². The molecule has 0 radical (unpaired) electrons. The van der Waals surface area contributed by atoms with Crippen LogP contribution in [0.2, 0.25) is 0 Å². The molecule has 0 saturated heterocycles. The molecule has 2 atom stereocenters. The van der Waals surface area contributed by atoms with E-state index < -0.39 is 12.2 Å². The van der Waals surface area contributed by atoms with Crippen LogP contribution in [0.4, 0.5) is 13.2 Å². The maximum absolute atomic E-state index is 14.2. The van der Waals surface area contributed by atoms with Gasteiger partial charge in [-0.25, -0.2) is 13.2 Å². The summed E-state index contributed by atoms with van der Waals surface area (Å²) in [5.41, 5.74) is 8.33. The number of rotatable bonds is 9. The number of aryl methyl sites for hydroxylation is 2. The van der Waals surface area contributed by atoms with Crippen LogP contribution in [-0.4, -0.2) is 28.9 Å². The quantitative estimate of drug-likeness (QED) is 0.512. The van der Waals surface area contributed by atoms with Crippen LogP contribution in [0.15, 0.2) is 46.6 Å². The maximum Gasteiger partial charge on any atom is 0.263 e. The van der Waals surface area contributed by atoms with Gasteiger partial charge >= 0.3 is 0 Å². The lowest BCUT2D eigenvalue weighted by Gasteiger charge is -2.25. The van der Waals surface area contributed by atoms with E-state index in [0.29, 0.717) is 36.2 Å². The van der Waals surface area contributed by atoms with Crippen LogP contribution in [0.25, 0.3) is 0 Å². The highest BCUT2D eigenvalue weighted by molar-refractivity contribution is 5.96. The van der Waals surface area contributed by atoms with E-state index in [2.05, 4.69) is 9.98 Å². The first kappa shape index (κ1) is 24.7. The van der Waals surface area contributed by atoms with E-state index in [1.54, 1.807) is 26.1 Å². The number of ketones is 1. The summed E-state index contributed by atoms with van der Waals surface area (Å²) >= 11 is 0. The summed E-state index contributed by atoms with van der Waals surface area (Å²) in [4.78, 5) is 20.7. The molecule has 0 aliphatic carbocycles. The summed E-state index contributed by atoms with van der Waals surface area (Å²) in [6.45, 7) is 6.86. The van der Waals surface area contributed by atoms with Gasteiger partial charge in [0.1, 0.15) is 0 Å². The number of Topliss-reactive ketones (excluding diaryl/α,β-unsaturated/α-hetero) is 1. The van der Waals surface area contributed by atoms with E-state index in [-0.39, 0.29) is 41.0 Å². The third-order valence-corrected chi connectivity index (χ3v) is 5.38. The number of alkyl halides is 2. The Hall–Kier alpha value is -2.54. The zero-order valence-electron chi connectivity index (χ0n) is 18.5. The average molecular weight is 434 g/mol. The van der Waals surface area contributed by atoms with Crippen molar-refractivity contribution in [2.24, 2.45) is 16.6 Å². The van der Waals surface area contributed by atoms with Gasteiger partial charge in [-0.2, -0.15) is 0 Å². The minimum atomic E-state index is -2.61. The second-order valence-corrected chi connectivity index (χ2v) is 7.88. The molecule has 1 aromatic heterocycles. The molecule has 4 nitrogen and oxygen atoms in total. The molecule has 1 aromatic rings. The zero-order valence-corrected chi connectivity index (χ0v) is 18.5. The summed E-state index contributed by atoms with van der Waals surface area (Å²) < 4.78 is 41.0. The number of hydrogen-bond donors (Lipinski definition) is 1. The molecule has 0 aromatic carbocycles. The third-order valence-electron chi connectivity index (χ3n) is 5.38. The van der Waals surface area contributed by atoms with Gasteiger partial charge in [-0.05, 0) is 75.8 Å². The number of aromatic nitrogens is 1. The summed E-state index contributed by atoms with van der Waals surface area (Å²) in [5.74, 6) is -1.04. The molecule has 2 N–H and O–H groups in total. The highest BCUT2D eigenvalue weighted by Crippen LogP contribution is 2.27. The second kappa shape index (κ2) is 11.2. The van der Waals surface area contributed by atoms with Gasteiger partial charge in [0.25, 0.3) is 6.43 Å². The van der Waals surface area contributed by atoms with Crippen LogP contribution >= 0.6 is 0 Å². The minimum absolute atomic E-state index is 0.0521. The summed E-state index contributed by atoms with van der Waals surface area (Å²) in [6.07, 6.45) is 5.35. The van der Waals surface area contributed by atoms with Crippen LogP contribution < -0.4 is 5.73 Å². The molecular formula is C24H30F3N3O. The van der Waals surface area contributed by atoms with E-state index >= 15 is 0 Å². The van der Waals surface area contributed by atoms with Gasteiger partial charge in [-0.15, -0.1) is 0 Å². The molecule has 168 valence electrons. The summed E-state index contributed by atoms with van der Waals surface area (Å²) in [6, 6.07) is 1.13. The fourth-order valence-corrected chi connectivity index (χ4v) is 3.79. The van der Waals surface area contributed by atoms with Gasteiger partial charge in [0.15, 0.2) is 11.6 Å². The molecule has 7 heteroatoms. The van der Waals surface area contributed by atoms with Gasteiger partial charge in [0, 0.05) is 35.6 Å². The monoisotopic (exact) mass is 433 g/mol. The lowest BCUT2D eigenvalue weighted by atomic mass is 9.85. The van der Waals surface area contributed by atoms with Crippen molar-refractivity contribution >= 4 is 11.5 Å². The summed E-state index contributed by atoms with van der Waals surface area (Å²) in [7, 11) is 0. The number of allylic oxidation sites excluding steroid dienone is 4. The molecule has 0 saturated carbocycles. The molecule has 0 amide bonds. The predicted molar refractivity (Wildman–Crippen MR) is 118 cm³/mol. The summed E-state index contributed by atoms with van der Waals surface area (Å²) in [5, 5.41) is 0. The average Bonchev–Trinajstić information content (AvgIpc) is 2.68. The number of carbonyl (C=O) groups is 1. The molecule has 31 heavy (non-hydrogen) atoms. The van der Waals surface area contributed by atoms with E-state index in [9.17, 15) is 18.0 Å². The molecule has 1 aliphatic rings. The smallest absolute Gasteiger partial charge is 0.263 e. The van der Waals surface area contributed by atoms with Crippen molar-refractivity contribution in [1.29, 1.82) is 0 Å². The first-order chi connectivity index (χ1) is 14.6. The van der Waals surface area contributed by atoms with Crippen molar-refractivity contribution in [2.75, 3.05) is 0 Å². The number of aliphatic imine (C=N–C) groups is 1. The predicted octanol–water partition coefficient (Wildman–Crippen LogP) is 5.65. The third kappa shape index (κ3) is 6.72. The number of pyridine rings is 1. The molecule has 0 bridgehead atoms. The van der Waals surface area contributed by atoms with Crippen molar-refractivity contribution in [3.05, 3.63) is 64.4 Å². The Labute approximate surface area is 181 Å². The van der Waals surface area contributed by atoms with Crippen molar-refractivity contribution in [1.82, 2.24) is 4.98 Å². The van der Waals surface area contributed by atoms with Gasteiger partial charge in [-0.1, -0.05) is 6.92 Å². The van der Waals surface area contributed by atoms with Crippen LogP contribution in [0.3, 0.4) is 0 Å². The Kier molecular flexibility index (Phi) is 8.92. The molecule has 2 rings (SSSR count). The fraction of sp³-hybridized carbons (Fsp3) is 0.458. The Balaban J connectivity index is 2.07. The number of hydrogen-bond acceptors (Lipinski definition) is 4. The molecular weight excluding hydrogens is 403 g/mol. The van der Waals surface area contributed by atoms with Crippen LogP contribution in [0, 0.1) is 25.6 Å². The van der Waals surface area contributed by atoms with Crippen LogP contribution in [0.1, 0.15) is 61.3 Å². The zero-order chi connectivity index (χ0) is 23.1. The molecule has 2 heterocycles. The molecule has 0 spiro atoms. The molecule has 0 fully saturated rings. The molecule has 1 aliphatic heterocycles. The normalized spacial score (nSPS) is 22.3. The number of nitrogens with two attached hydrogens (primary N) is 1. The van der Waals surface area contributed by atoms with E-state index in [4.69, 9.17) is 5.73 Å². The van der Waals surface area contributed by atoms with E-state index in [1.165, 1.54) is 25.1 Å². The van der Waals surface area contributed by atoms with Gasteiger partial charge in [-0.3, -0.25) is 14.8 Å². The largest absolute Gasteiger partial charge is 0.327 e. The van der Waals surface area contributed by atoms with Crippen LogP contribution in [0.5, 0.6) is 0 Å². The number of halogens is 3. The van der Waals surface area contributed by atoms with E-state index in [1.807, 2.05) is 6.92 Å². The van der Waals surface area contributed by atoms with Crippen molar-refractivity contribution in [3.8, 4) is 0 Å². The number of nitrogens with zero attached hydrogens (tertiary/aromatic N) is 2. The standard InChI is InChI=1S/C24H30F3N3O/c1-5-19(17-9-10-29-14(2)11-18(13-17)24(26)27)21(28)7-6-8-22(31)20-12-15(3)30-16(4)23(20)25/h9-13,19,21,24H,5-8,28H2,1-4H3/b10-9+,14-11?,17-9?,17-13+,18-11+,18-13?,29-10?,29-14+/t19-,21-/m0/s1.